The van der Waals surface area contributed by atoms with Crippen LogP contribution in [0.3, 0.4) is 0 Å². The van der Waals surface area contributed by atoms with Gasteiger partial charge in [-0.2, -0.15) is 9.40 Å². The SMILES string of the molecule is CC(C)Oc1ccc(S(=O)(=O)N2C[C@H](n3nc(CC(=O)O)c4ccc(Cl)cc43)C[C@@H]2C(F)F)cc1. The normalized spacial score (nSPS) is 19.2. The van der Waals surface area contributed by atoms with Crippen molar-refractivity contribution < 1.29 is 31.8 Å². The van der Waals surface area contributed by atoms with E-state index in [1.54, 1.807) is 18.2 Å². The van der Waals surface area contributed by atoms with E-state index in [9.17, 15) is 27.1 Å². The number of aliphatic carboxylic acids is 1. The van der Waals surface area contributed by atoms with Crippen molar-refractivity contribution in [3.8, 4) is 5.75 Å². The van der Waals surface area contributed by atoms with Crippen LogP contribution in [0.5, 0.6) is 5.75 Å². The first-order valence-electron chi connectivity index (χ1n) is 10.9. The number of nitrogens with zero attached hydrogens (tertiary/aromatic N) is 3. The zero-order valence-electron chi connectivity index (χ0n) is 18.9. The van der Waals surface area contributed by atoms with Crippen LogP contribution in [0.4, 0.5) is 8.78 Å². The lowest BCUT2D eigenvalue weighted by Gasteiger charge is -2.23. The maximum atomic E-state index is 14.0. The predicted octanol–water partition coefficient (Wildman–Crippen LogP) is 4.37. The second-order valence-corrected chi connectivity index (χ2v) is 11.0. The van der Waals surface area contributed by atoms with Gasteiger partial charge in [-0.05, 0) is 62.7 Å². The molecule has 12 heteroatoms. The van der Waals surface area contributed by atoms with E-state index in [0.29, 0.717) is 21.7 Å². The van der Waals surface area contributed by atoms with E-state index in [4.69, 9.17) is 16.3 Å². The van der Waals surface area contributed by atoms with Gasteiger partial charge < -0.3 is 9.84 Å². The summed E-state index contributed by atoms with van der Waals surface area (Å²) in [6.07, 6.45) is -3.60. The fraction of sp³-hybridized carbons (Fsp3) is 0.391. The quantitative estimate of drug-likeness (QED) is 0.466. The van der Waals surface area contributed by atoms with Gasteiger partial charge in [0.05, 0.1) is 40.7 Å². The fourth-order valence-corrected chi connectivity index (χ4v) is 6.14. The lowest BCUT2D eigenvalue weighted by molar-refractivity contribution is -0.136. The highest BCUT2D eigenvalue weighted by molar-refractivity contribution is 7.89. The largest absolute Gasteiger partial charge is 0.491 e. The summed E-state index contributed by atoms with van der Waals surface area (Å²) in [4.78, 5) is 11.2. The molecule has 1 aliphatic rings. The number of fused-ring (bicyclic) bond motifs is 1. The van der Waals surface area contributed by atoms with Crippen molar-refractivity contribution >= 4 is 38.5 Å². The predicted molar refractivity (Wildman–Crippen MR) is 126 cm³/mol. The van der Waals surface area contributed by atoms with E-state index in [-0.39, 0.29) is 36.1 Å². The van der Waals surface area contributed by atoms with E-state index in [2.05, 4.69) is 5.10 Å². The molecule has 2 heterocycles. The summed E-state index contributed by atoms with van der Waals surface area (Å²) in [5, 5.41) is 14.5. The number of hydrogen-bond acceptors (Lipinski definition) is 5. The third-order valence-corrected chi connectivity index (χ3v) is 7.92. The Morgan fingerprint density at radius 2 is 1.91 bits per heavy atom. The first-order valence-corrected chi connectivity index (χ1v) is 12.7. The van der Waals surface area contributed by atoms with Crippen LogP contribution in [0, 0.1) is 0 Å². The molecule has 1 fully saturated rings. The molecule has 0 unspecified atom stereocenters. The summed E-state index contributed by atoms with van der Waals surface area (Å²) in [6, 6.07) is 8.09. The van der Waals surface area contributed by atoms with Crippen molar-refractivity contribution in [2.75, 3.05) is 6.54 Å². The minimum absolute atomic E-state index is 0.108. The number of hydrogen-bond donors (Lipinski definition) is 1. The summed E-state index contributed by atoms with van der Waals surface area (Å²) in [5.41, 5.74) is 0.709. The highest BCUT2D eigenvalue weighted by Gasteiger charge is 2.46. The first-order chi connectivity index (χ1) is 16.5. The third-order valence-electron chi connectivity index (χ3n) is 5.78. The number of carboxylic acid groups (broad SMARTS) is 1. The van der Waals surface area contributed by atoms with Crippen molar-refractivity contribution in [1.29, 1.82) is 0 Å². The Kier molecular flexibility index (Phi) is 7.03. The smallest absolute Gasteiger partial charge is 0.309 e. The average molecular weight is 528 g/mol. The molecular formula is C23H24ClF2N3O5S. The molecule has 4 rings (SSSR count). The molecule has 35 heavy (non-hydrogen) atoms. The van der Waals surface area contributed by atoms with Crippen LogP contribution in [0.2, 0.25) is 5.02 Å². The zero-order valence-corrected chi connectivity index (χ0v) is 20.5. The lowest BCUT2D eigenvalue weighted by Crippen LogP contribution is -2.39. The second-order valence-electron chi connectivity index (χ2n) is 8.63. The van der Waals surface area contributed by atoms with Gasteiger partial charge in [0, 0.05) is 17.0 Å². The number of sulfonamides is 1. The summed E-state index contributed by atoms with van der Waals surface area (Å²) in [6.45, 7) is 3.41. The molecule has 0 radical (unpaired) electrons. The van der Waals surface area contributed by atoms with Gasteiger partial charge >= 0.3 is 5.97 Å². The maximum Gasteiger partial charge on any atom is 0.309 e. The molecule has 0 amide bonds. The van der Waals surface area contributed by atoms with Crippen LogP contribution in [0.1, 0.15) is 32.0 Å². The monoisotopic (exact) mass is 527 g/mol. The second kappa shape index (κ2) is 9.71. The summed E-state index contributed by atoms with van der Waals surface area (Å²) >= 11 is 6.12. The molecule has 1 N–H and O–H groups in total. The number of alkyl halides is 2. The van der Waals surface area contributed by atoms with Crippen LogP contribution in [0.25, 0.3) is 10.9 Å². The molecule has 1 aromatic heterocycles. The van der Waals surface area contributed by atoms with Crippen LogP contribution >= 0.6 is 11.6 Å². The molecule has 188 valence electrons. The summed E-state index contributed by atoms with van der Waals surface area (Å²) in [5.74, 6) is -0.632. The topological polar surface area (TPSA) is 102 Å². The number of ether oxygens (including phenoxy) is 1. The molecular weight excluding hydrogens is 504 g/mol. The van der Waals surface area contributed by atoms with Crippen molar-refractivity contribution in [3.63, 3.8) is 0 Å². The number of carboxylic acids is 1. The van der Waals surface area contributed by atoms with Crippen molar-refractivity contribution in [1.82, 2.24) is 14.1 Å². The Bertz CT molecular complexity index is 1350. The Balaban J connectivity index is 1.70. The van der Waals surface area contributed by atoms with Gasteiger partial charge in [0.25, 0.3) is 6.43 Å². The molecule has 1 saturated heterocycles. The van der Waals surface area contributed by atoms with Crippen LogP contribution in [-0.2, 0) is 21.2 Å². The first kappa shape index (κ1) is 25.3. The zero-order chi connectivity index (χ0) is 25.5. The van der Waals surface area contributed by atoms with Crippen molar-refractivity contribution in [3.05, 3.63) is 53.2 Å². The van der Waals surface area contributed by atoms with Gasteiger partial charge in [-0.15, -0.1) is 0 Å². The van der Waals surface area contributed by atoms with Gasteiger partial charge in [-0.1, -0.05) is 11.6 Å². The Morgan fingerprint density at radius 3 is 2.51 bits per heavy atom. The third kappa shape index (κ3) is 5.12. The Morgan fingerprint density at radius 1 is 1.23 bits per heavy atom. The summed E-state index contributed by atoms with van der Waals surface area (Å²) < 4.78 is 62.5. The van der Waals surface area contributed by atoms with Gasteiger partial charge in [-0.25, -0.2) is 17.2 Å². The molecule has 0 aliphatic carbocycles. The van der Waals surface area contributed by atoms with E-state index < -0.39 is 34.5 Å². The molecule has 0 saturated carbocycles. The lowest BCUT2D eigenvalue weighted by atomic mass is 10.1. The average Bonchev–Trinajstić information content (AvgIpc) is 3.36. The van der Waals surface area contributed by atoms with Crippen LogP contribution in [0.15, 0.2) is 47.4 Å². The molecule has 1 aliphatic heterocycles. The van der Waals surface area contributed by atoms with Gasteiger partial charge in [0.15, 0.2) is 0 Å². The van der Waals surface area contributed by atoms with Gasteiger partial charge in [0.1, 0.15) is 5.75 Å². The number of aromatic nitrogens is 2. The van der Waals surface area contributed by atoms with Gasteiger partial charge in [-0.3, -0.25) is 9.48 Å². The van der Waals surface area contributed by atoms with Gasteiger partial charge in [0.2, 0.25) is 10.0 Å². The van der Waals surface area contributed by atoms with Crippen LogP contribution in [-0.4, -0.2) is 58.7 Å². The molecule has 2 aromatic carbocycles. The summed E-state index contributed by atoms with van der Waals surface area (Å²) in [7, 11) is -4.26. The molecule has 0 spiro atoms. The minimum Gasteiger partial charge on any atom is -0.491 e. The van der Waals surface area contributed by atoms with Crippen molar-refractivity contribution in [2.45, 2.75) is 56.2 Å². The highest BCUT2D eigenvalue weighted by Crippen LogP contribution is 2.37. The van der Waals surface area contributed by atoms with Crippen LogP contribution < -0.4 is 4.74 Å². The van der Waals surface area contributed by atoms with E-state index in [1.807, 2.05) is 13.8 Å². The van der Waals surface area contributed by atoms with E-state index in [0.717, 1.165) is 4.31 Å². The minimum atomic E-state index is -4.26. The molecule has 3 aromatic rings. The molecule has 8 nitrogen and oxygen atoms in total. The Hall–Kier alpha value is -2.76. The Labute approximate surface area is 206 Å². The van der Waals surface area contributed by atoms with E-state index in [1.165, 1.54) is 28.9 Å². The number of halogens is 3. The maximum absolute atomic E-state index is 14.0. The molecule has 2 atom stereocenters. The highest BCUT2D eigenvalue weighted by atomic mass is 35.5. The fourth-order valence-electron chi connectivity index (χ4n) is 4.32. The van der Waals surface area contributed by atoms with Crippen molar-refractivity contribution in [2.24, 2.45) is 0 Å². The number of carbonyl (C=O) groups is 1. The van der Waals surface area contributed by atoms with E-state index >= 15 is 0 Å². The number of rotatable bonds is 8. The molecule has 0 bridgehead atoms. The number of benzene rings is 2. The standard InChI is InChI=1S/C23H24ClF2N3O5S/c1-13(2)34-16-4-6-17(7-5-16)35(32,33)28-12-15(10-21(28)23(25)26)29-20-9-14(24)3-8-18(20)19(27-29)11-22(30)31/h3-9,13,15,21,23H,10-12H2,1-2H3,(H,30,31)/t15-,21-/m1/s1.